The maximum atomic E-state index is 13.2. The summed E-state index contributed by atoms with van der Waals surface area (Å²) in [4.78, 5) is 26.9. The van der Waals surface area contributed by atoms with E-state index in [1.807, 2.05) is 0 Å². The lowest BCUT2D eigenvalue weighted by Crippen LogP contribution is -2.52. The molecule has 1 aromatic carbocycles. The van der Waals surface area contributed by atoms with Gasteiger partial charge in [-0.25, -0.2) is 14.0 Å². The number of carbonyl (C=O) groups excluding carboxylic acids is 2. The number of benzene rings is 1. The Morgan fingerprint density at radius 2 is 1.56 bits per heavy atom. The standard InChI is InChI=1S/C21H30FNO4/c1-20(2,3)26-18(24)17-13-15(14-7-9-16(22)10-8-14)11-12-23(17)19(25)27-21(4,5)6/h7-10,15,17H,11-13H2,1-6H3/t15-,17+/m0/s1. The molecule has 0 radical (unpaired) electrons. The predicted octanol–water partition coefficient (Wildman–Crippen LogP) is 4.65. The van der Waals surface area contributed by atoms with Gasteiger partial charge in [0.05, 0.1) is 0 Å². The molecule has 0 bridgehead atoms. The quantitative estimate of drug-likeness (QED) is 0.702. The molecule has 6 heteroatoms. The Labute approximate surface area is 160 Å². The lowest BCUT2D eigenvalue weighted by molar-refractivity contribution is -0.162. The van der Waals surface area contributed by atoms with Crippen molar-refractivity contribution in [2.75, 3.05) is 6.54 Å². The van der Waals surface area contributed by atoms with Crippen molar-refractivity contribution in [2.24, 2.45) is 0 Å². The fourth-order valence-corrected chi connectivity index (χ4v) is 3.14. The molecule has 0 N–H and O–H groups in total. The van der Waals surface area contributed by atoms with Gasteiger partial charge in [0.15, 0.2) is 0 Å². The highest BCUT2D eigenvalue weighted by Gasteiger charge is 2.40. The molecule has 0 spiro atoms. The number of hydrogen-bond acceptors (Lipinski definition) is 4. The van der Waals surface area contributed by atoms with E-state index in [4.69, 9.17) is 9.47 Å². The summed E-state index contributed by atoms with van der Waals surface area (Å²) in [5, 5.41) is 0. The van der Waals surface area contributed by atoms with Crippen molar-refractivity contribution in [3.05, 3.63) is 35.6 Å². The summed E-state index contributed by atoms with van der Waals surface area (Å²) < 4.78 is 24.2. The van der Waals surface area contributed by atoms with Crippen LogP contribution in [0.3, 0.4) is 0 Å². The second kappa shape index (κ2) is 7.87. The fraction of sp³-hybridized carbons (Fsp3) is 0.619. The van der Waals surface area contributed by atoms with Crippen LogP contribution in [0, 0.1) is 5.82 Å². The number of likely N-dealkylation sites (tertiary alicyclic amines) is 1. The van der Waals surface area contributed by atoms with Gasteiger partial charge in [0.2, 0.25) is 0 Å². The first-order valence-electron chi connectivity index (χ1n) is 9.34. The predicted molar refractivity (Wildman–Crippen MR) is 101 cm³/mol. The number of esters is 1. The Kier molecular flexibility index (Phi) is 6.17. The van der Waals surface area contributed by atoms with Gasteiger partial charge in [-0.1, -0.05) is 12.1 Å². The lowest BCUT2D eigenvalue weighted by Gasteiger charge is -2.39. The highest BCUT2D eigenvalue weighted by atomic mass is 19.1. The highest BCUT2D eigenvalue weighted by Crippen LogP contribution is 2.33. The Morgan fingerprint density at radius 1 is 1.00 bits per heavy atom. The van der Waals surface area contributed by atoms with Crippen LogP contribution in [0.15, 0.2) is 24.3 Å². The van der Waals surface area contributed by atoms with Crippen LogP contribution < -0.4 is 0 Å². The minimum atomic E-state index is -0.733. The van der Waals surface area contributed by atoms with Crippen LogP contribution in [0.4, 0.5) is 9.18 Å². The number of halogens is 1. The van der Waals surface area contributed by atoms with E-state index in [0.717, 1.165) is 5.56 Å². The molecule has 150 valence electrons. The van der Waals surface area contributed by atoms with Gasteiger partial charge >= 0.3 is 12.1 Å². The molecule has 1 heterocycles. The first kappa shape index (κ1) is 21.2. The third-order valence-electron chi connectivity index (χ3n) is 4.25. The summed E-state index contributed by atoms with van der Waals surface area (Å²) in [6.45, 7) is 11.1. The van der Waals surface area contributed by atoms with Gasteiger partial charge in [0.25, 0.3) is 0 Å². The van der Waals surface area contributed by atoms with E-state index in [9.17, 15) is 14.0 Å². The van der Waals surface area contributed by atoms with Crippen molar-refractivity contribution in [3.8, 4) is 0 Å². The van der Waals surface area contributed by atoms with Crippen molar-refractivity contribution in [3.63, 3.8) is 0 Å². The zero-order valence-electron chi connectivity index (χ0n) is 17.0. The van der Waals surface area contributed by atoms with Gasteiger partial charge in [0, 0.05) is 6.54 Å². The average molecular weight is 379 g/mol. The molecule has 0 unspecified atom stereocenters. The van der Waals surface area contributed by atoms with Crippen LogP contribution in [-0.2, 0) is 14.3 Å². The third-order valence-corrected chi connectivity index (χ3v) is 4.25. The Morgan fingerprint density at radius 3 is 2.07 bits per heavy atom. The second-order valence-electron chi connectivity index (χ2n) is 9.00. The topological polar surface area (TPSA) is 55.8 Å². The summed E-state index contributed by atoms with van der Waals surface area (Å²) >= 11 is 0. The summed E-state index contributed by atoms with van der Waals surface area (Å²) in [6.07, 6.45) is 0.570. The molecule has 5 nitrogen and oxygen atoms in total. The molecule has 0 saturated carbocycles. The highest BCUT2D eigenvalue weighted by molar-refractivity contribution is 5.82. The minimum absolute atomic E-state index is 0.0433. The summed E-state index contributed by atoms with van der Waals surface area (Å²) in [6, 6.07) is 5.56. The van der Waals surface area contributed by atoms with Crippen LogP contribution in [0.1, 0.15) is 65.9 Å². The van der Waals surface area contributed by atoms with E-state index >= 15 is 0 Å². The molecule has 2 atom stereocenters. The largest absolute Gasteiger partial charge is 0.458 e. The first-order valence-corrected chi connectivity index (χ1v) is 9.34. The van der Waals surface area contributed by atoms with Crippen molar-refractivity contribution in [1.82, 2.24) is 4.90 Å². The van der Waals surface area contributed by atoms with Crippen molar-refractivity contribution in [2.45, 2.75) is 77.5 Å². The van der Waals surface area contributed by atoms with Crippen LogP contribution in [0.25, 0.3) is 0 Å². The fourth-order valence-electron chi connectivity index (χ4n) is 3.14. The maximum absolute atomic E-state index is 13.2. The first-order chi connectivity index (χ1) is 12.4. The molecular weight excluding hydrogens is 349 g/mol. The van der Waals surface area contributed by atoms with Crippen molar-refractivity contribution in [1.29, 1.82) is 0 Å². The normalized spacial score (nSPS) is 20.9. The zero-order chi connectivity index (χ0) is 20.4. The Hall–Kier alpha value is -2.11. The minimum Gasteiger partial charge on any atom is -0.458 e. The second-order valence-corrected chi connectivity index (χ2v) is 9.00. The van der Waals surface area contributed by atoms with E-state index in [1.54, 1.807) is 53.7 Å². The SMILES string of the molecule is CC(C)(C)OC(=O)[C@H]1C[C@@H](c2ccc(F)cc2)CCN1C(=O)OC(C)(C)C. The van der Waals surface area contributed by atoms with Gasteiger partial charge < -0.3 is 9.47 Å². The van der Waals surface area contributed by atoms with E-state index in [0.29, 0.717) is 19.4 Å². The molecule has 1 fully saturated rings. The van der Waals surface area contributed by atoms with Crippen LogP contribution >= 0.6 is 0 Å². The molecule has 1 aromatic rings. The Balaban J connectivity index is 2.23. The summed E-state index contributed by atoms with van der Waals surface area (Å²) in [7, 11) is 0. The van der Waals surface area contributed by atoms with E-state index in [1.165, 1.54) is 17.0 Å². The van der Waals surface area contributed by atoms with E-state index < -0.39 is 29.3 Å². The smallest absolute Gasteiger partial charge is 0.411 e. The Bertz CT molecular complexity index is 673. The third kappa shape index (κ3) is 6.22. The van der Waals surface area contributed by atoms with Crippen LogP contribution in [0.5, 0.6) is 0 Å². The van der Waals surface area contributed by atoms with Gasteiger partial charge in [-0.05, 0) is 78.0 Å². The number of amides is 1. The molecule has 0 aromatic heterocycles. The van der Waals surface area contributed by atoms with Gasteiger partial charge in [-0.3, -0.25) is 4.90 Å². The van der Waals surface area contributed by atoms with Gasteiger partial charge in [0.1, 0.15) is 23.1 Å². The average Bonchev–Trinajstić information content (AvgIpc) is 2.51. The molecule has 1 aliphatic heterocycles. The van der Waals surface area contributed by atoms with E-state index in [2.05, 4.69) is 0 Å². The lowest BCUT2D eigenvalue weighted by atomic mass is 9.85. The zero-order valence-corrected chi connectivity index (χ0v) is 17.0. The number of piperidine rings is 1. The number of hydrogen-bond donors (Lipinski definition) is 0. The van der Waals surface area contributed by atoms with Crippen molar-refractivity contribution < 1.29 is 23.5 Å². The van der Waals surface area contributed by atoms with E-state index in [-0.39, 0.29) is 11.7 Å². The molecule has 1 amide bonds. The molecule has 2 rings (SSSR count). The molecular formula is C21H30FNO4. The van der Waals surface area contributed by atoms with Crippen LogP contribution in [-0.4, -0.2) is 40.8 Å². The monoisotopic (exact) mass is 379 g/mol. The number of nitrogens with zero attached hydrogens (tertiary/aromatic N) is 1. The molecule has 1 aliphatic rings. The number of ether oxygens (including phenoxy) is 2. The number of carbonyl (C=O) groups is 2. The van der Waals surface area contributed by atoms with Crippen LogP contribution in [0.2, 0.25) is 0 Å². The van der Waals surface area contributed by atoms with Gasteiger partial charge in [-0.15, -0.1) is 0 Å². The molecule has 27 heavy (non-hydrogen) atoms. The molecule has 1 saturated heterocycles. The summed E-state index contributed by atoms with van der Waals surface area (Å²) in [5.74, 6) is -0.699. The van der Waals surface area contributed by atoms with Gasteiger partial charge in [-0.2, -0.15) is 0 Å². The molecule has 0 aliphatic carbocycles. The van der Waals surface area contributed by atoms with Crippen molar-refractivity contribution >= 4 is 12.1 Å². The number of rotatable bonds is 2. The maximum Gasteiger partial charge on any atom is 0.411 e. The summed E-state index contributed by atoms with van der Waals surface area (Å²) in [5.41, 5.74) is -0.350.